The van der Waals surface area contributed by atoms with E-state index in [-0.39, 0.29) is 5.41 Å². The number of hydrogen-bond acceptors (Lipinski definition) is 3. The van der Waals surface area contributed by atoms with Gasteiger partial charge in [0.25, 0.3) is 0 Å². The Morgan fingerprint density at radius 3 is 2.86 bits per heavy atom. The van der Waals surface area contributed by atoms with Gasteiger partial charge in [0.1, 0.15) is 0 Å². The van der Waals surface area contributed by atoms with Gasteiger partial charge in [-0.1, -0.05) is 6.92 Å². The van der Waals surface area contributed by atoms with Crippen molar-refractivity contribution >= 4 is 0 Å². The highest BCUT2D eigenvalue weighted by Gasteiger charge is 2.52. The number of rotatable bonds is 3. The zero-order valence-electron chi connectivity index (χ0n) is 9.04. The Kier molecular flexibility index (Phi) is 2.27. The van der Waals surface area contributed by atoms with E-state index in [0.717, 1.165) is 18.2 Å². The average Bonchev–Trinajstić information content (AvgIpc) is 2.79. The Morgan fingerprint density at radius 1 is 1.50 bits per heavy atom. The maximum atomic E-state index is 4.45. The van der Waals surface area contributed by atoms with E-state index in [4.69, 9.17) is 0 Å². The first-order chi connectivity index (χ1) is 6.68. The van der Waals surface area contributed by atoms with E-state index >= 15 is 0 Å². The number of aromatic nitrogens is 2. The Hall–Kier alpha value is -0.960. The van der Waals surface area contributed by atoms with Crippen LogP contribution < -0.4 is 5.32 Å². The average molecular weight is 191 g/mol. The number of nitrogens with zero attached hydrogens (tertiary/aromatic N) is 2. The van der Waals surface area contributed by atoms with E-state index in [2.05, 4.69) is 22.2 Å². The van der Waals surface area contributed by atoms with Crippen molar-refractivity contribution in [3.8, 4) is 0 Å². The molecule has 0 amide bonds. The highest BCUT2D eigenvalue weighted by molar-refractivity contribution is 5.29. The Labute approximate surface area is 85.0 Å². The molecule has 14 heavy (non-hydrogen) atoms. The van der Waals surface area contributed by atoms with Gasteiger partial charge in [-0.3, -0.25) is 9.97 Å². The quantitative estimate of drug-likeness (QED) is 0.782. The van der Waals surface area contributed by atoms with Crippen LogP contribution in [-0.2, 0) is 5.41 Å². The topological polar surface area (TPSA) is 37.8 Å². The maximum absolute atomic E-state index is 4.45. The van der Waals surface area contributed by atoms with Crippen LogP contribution in [0, 0.1) is 12.8 Å². The molecule has 1 saturated carbocycles. The van der Waals surface area contributed by atoms with Gasteiger partial charge in [-0.25, -0.2) is 0 Å². The lowest BCUT2D eigenvalue weighted by molar-refractivity contribution is 0.598. The minimum atomic E-state index is 0.265. The molecule has 3 heteroatoms. The molecule has 1 aliphatic carbocycles. The SMILES string of the molecule is CNCC1CC1(C)c1nccnc1C. The summed E-state index contributed by atoms with van der Waals surface area (Å²) in [6, 6.07) is 0. The molecule has 0 saturated heterocycles. The monoisotopic (exact) mass is 191 g/mol. The number of nitrogens with one attached hydrogen (secondary N) is 1. The highest BCUT2D eigenvalue weighted by atomic mass is 14.9. The summed E-state index contributed by atoms with van der Waals surface area (Å²) in [4.78, 5) is 8.75. The summed E-state index contributed by atoms with van der Waals surface area (Å²) in [5.41, 5.74) is 2.52. The highest BCUT2D eigenvalue weighted by Crippen LogP contribution is 2.53. The summed E-state index contributed by atoms with van der Waals surface area (Å²) in [6.45, 7) is 5.40. The van der Waals surface area contributed by atoms with Gasteiger partial charge < -0.3 is 5.32 Å². The Balaban J connectivity index is 2.21. The van der Waals surface area contributed by atoms with Crippen molar-refractivity contribution in [1.29, 1.82) is 0 Å². The van der Waals surface area contributed by atoms with Gasteiger partial charge >= 0.3 is 0 Å². The third-order valence-electron chi connectivity index (χ3n) is 3.28. The largest absolute Gasteiger partial charge is 0.319 e. The molecule has 2 atom stereocenters. The van der Waals surface area contributed by atoms with Crippen LogP contribution >= 0.6 is 0 Å². The smallest absolute Gasteiger partial charge is 0.0678 e. The van der Waals surface area contributed by atoms with E-state index in [1.165, 1.54) is 12.1 Å². The third kappa shape index (κ3) is 1.42. The number of hydrogen-bond donors (Lipinski definition) is 1. The molecule has 0 aliphatic heterocycles. The lowest BCUT2D eigenvalue weighted by Gasteiger charge is -2.12. The standard InChI is InChI=1S/C11H17N3/c1-8-10(14-5-4-13-8)11(2)6-9(11)7-12-3/h4-5,9,12H,6-7H2,1-3H3. The van der Waals surface area contributed by atoms with Crippen LogP contribution in [0.1, 0.15) is 24.7 Å². The van der Waals surface area contributed by atoms with Crippen molar-refractivity contribution in [1.82, 2.24) is 15.3 Å². The van der Waals surface area contributed by atoms with E-state index < -0.39 is 0 Å². The second kappa shape index (κ2) is 3.31. The van der Waals surface area contributed by atoms with E-state index in [1.54, 1.807) is 12.4 Å². The summed E-state index contributed by atoms with van der Waals surface area (Å²) in [5.74, 6) is 0.725. The minimum absolute atomic E-state index is 0.265. The zero-order chi connectivity index (χ0) is 10.2. The first-order valence-corrected chi connectivity index (χ1v) is 5.11. The molecule has 2 rings (SSSR count). The summed E-state index contributed by atoms with van der Waals surface area (Å²) in [5, 5.41) is 3.23. The van der Waals surface area contributed by atoms with E-state index in [0.29, 0.717) is 0 Å². The van der Waals surface area contributed by atoms with E-state index in [1.807, 2.05) is 14.0 Å². The molecule has 76 valence electrons. The Morgan fingerprint density at radius 2 is 2.21 bits per heavy atom. The molecule has 1 fully saturated rings. The zero-order valence-corrected chi connectivity index (χ0v) is 9.04. The summed E-state index contributed by atoms with van der Waals surface area (Å²) in [6.07, 6.45) is 4.79. The molecule has 1 heterocycles. The molecule has 0 radical (unpaired) electrons. The predicted molar refractivity (Wildman–Crippen MR) is 56.2 cm³/mol. The van der Waals surface area contributed by atoms with Gasteiger partial charge in [0.2, 0.25) is 0 Å². The van der Waals surface area contributed by atoms with Gasteiger partial charge in [0.15, 0.2) is 0 Å². The maximum Gasteiger partial charge on any atom is 0.0678 e. The van der Waals surface area contributed by atoms with Crippen molar-refractivity contribution in [2.24, 2.45) is 5.92 Å². The van der Waals surface area contributed by atoms with Gasteiger partial charge in [-0.05, 0) is 32.9 Å². The first kappa shape index (κ1) is 9.59. The first-order valence-electron chi connectivity index (χ1n) is 5.11. The van der Waals surface area contributed by atoms with Gasteiger partial charge in [-0.15, -0.1) is 0 Å². The summed E-state index contributed by atoms with van der Waals surface area (Å²) < 4.78 is 0. The lowest BCUT2D eigenvalue weighted by atomic mass is 10.00. The predicted octanol–water partition coefficient (Wildman–Crippen LogP) is 1.28. The van der Waals surface area contributed by atoms with Gasteiger partial charge in [0.05, 0.1) is 11.4 Å². The van der Waals surface area contributed by atoms with Crippen LogP contribution in [-0.4, -0.2) is 23.6 Å². The third-order valence-corrected chi connectivity index (χ3v) is 3.28. The summed E-state index contributed by atoms with van der Waals surface area (Å²) >= 11 is 0. The fourth-order valence-electron chi connectivity index (χ4n) is 2.26. The summed E-state index contributed by atoms with van der Waals surface area (Å²) in [7, 11) is 2.00. The van der Waals surface area contributed by atoms with Crippen LogP contribution in [0.5, 0.6) is 0 Å². The van der Waals surface area contributed by atoms with Crippen molar-refractivity contribution < 1.29 is 0 Å². The van der Waals surface area contributed by atoms with Crippen molar-refractivity contribution in [3.63, 3.8) is 0 Å². The molecule has 1 aliphatic rings. The Bertz CT molecular complexity index is 337. The molecule has 1 aromatic heterocycles. The molecule has 1 N–H and O–H groups in total. The van der Waals surface area contributed by atoms with Crippen LogP contribution in [0.15, 0.2) is 12.4 Å². The molecule has 3 nitrogen and oxygen atoms in total. The van der Waals surface area contributed by atoms with Crippen LogP contribution in [0.3, 0.4) is 0 Å². The van der Waals surface area contributed by atoms with Crippen molar-refractivity contribution in [2.45, 2.75) is 25.7 Å². The van der Waals surface area contributed by atoms with Crippen LogP contribution in [0.4, 0.5) is 0 Å². The minimum Gasteiger partial charge on any atom is -0.319 e. The van der Waals surface area contributed by atoms with Crippen LogP contribution in [0.2, 0.25) is 0 Å². The van der Waals surface area contributed by atoms with Crippen LogP contribution in [0.25, 0.3) is 0 Å². The second-order valence-electron chi connectivity index (χ2n) is 4.37. The molecule has 0 bridgehead atoms. The second-order valence-corrected chi connectivity index (χ2v) is 4.37. The molecule has 2 unspecified atom stereocenters. The van der Waals surface area contributed by atoms with Crippen molar-refractivity contribution in [2.75, 3.05) is 13.6 Å². The van der Waals surface area contributed by atoms with Crippen molar-refractivity contribution in [3.05, 3.63) is 23.8 Å². The normalized spacial score (nSPS) is 30.4. The van der Waals surface area contributed by atoms with Gasteiger partial charge in [0, 0.05) is 17.8 Å². The van der Waals surface area contributed by atoms with Gasteiger partial charge in [-0.2, -0.15) is 0 Å². The molecule has 1 aromatic rings. The molecule has 0 spiro atoms. The molecular formula is C11H17N3. The van der Waals surface area contributed by atoms with E-state index in [9.17, 15) is 0 Å². The fraction of sp³-hybridized carbons (Fsp3) is 0.636. The molecule has 0 aromatic carbocycles. The lowest BCUT2D eigenvalue weighted by Crippen LogP contribution is -2.17. The fourth-order valence-corrected chi connectivity index (χ4v) is 2.26. The number of aryl methyl sites for hydroxylation is 1. The molecular weight excluding hydrogens is 174 g/mol.